The van der Waals surface area contributed by atoms with Crippen LogP contribution in [0.3, 0.4) is 0 Å². The van der Waals surface area contributed by atoms with E-state index in [9.17, 15) is 4.79 Å². The van der Waals surface area contributed by atoms with E-state index in [0.717, 1.165) is 49.3 Å². The summed E-state index contributed by atoms with van der Waals surface area (Å²) >= 11 is 0. The number of piperazine rings is 1. The number of fused-ring (bicyclic) bond motifs is 1. The number of rotatable bonds is 5. The lowest BCUT2D eigenvalue weighted by atomic mass is 10.1. The molecule has 1 aromatic carbocycles. The Kier molecular flexibility index (Phi) is 5.81. The van der Waals surface area contributed by atoms with Crippen molar-refractivity contribution in [2.24, 2.45) is 5.92 Å². The lowest BCUT2D eigenvalue weighted by molar-refractivity contribution is 0.209. The largest absolute Gasteiger partial charge is 0.367 e. The third-order valence-electron chi connectivity index (χ3n) is 5.16. The minimum Gasteiger partial charge on any atom is -0.367 e. The van der Waals surface area contributed by atoms with Crippen LogP contribution in [0.25, 0.3) is 11.0 Å². The number of carbonyl (C=O) groups is 1. The van der Waals surface area contributed by atoms with Crippen LogP contribution in [0.5, 0.6) is 0 Å². The molecule has 2 heterocycles. The molecule has 1 aromatic heterocycles. The average Bonchev–Trinajstić information content (AvgIpc) is 3.05. The van der Waals surface area contributed by atoms with E-state index in [1.165, 1.54) is 0 Å². The number of aromatic nitrogens is 2. The van der Waals surface area contributed by atoms with E-state index in [-0.39, 0.29) is 6.03 Å². The predicted molar refractivity (Wildman–Crippen MR) is 107 cm³/mol. The number of benzene rings is 1. The lowest BCUT2D eigenvalue weighted by Crippen LogP contribution is -2.48. The number of hydrogen-bond acceptors (Lipinski definition) is 4. The summed E-state index contributed by atoms with van der Waals surface area (Å²) in [6.45, 7) is 13.6. The Balaban J connectivity index is 1.76. The quantitative estimate of drug-likeness (QED) is 0.893. The normalized spacial score (nSPS) is 16.0. The van der Waals surface area contributed by atoms with Gasteiger partial charge in [0.05, 0.1) is 11.2 Å². The highest BCUT2D eigenvalue weighted by Gasteiger charge is 2.22. The van der Waals surface area contributed by atoms with Gasteiger partial charge in [0.2, 0.25) is 0 Å². The monoisotopic (exact) mass is 357 g/mol. The number of carbonyl (C=O) groups excluding carboxylic acids is 1. The van der Waals surface area contributed by atoms with Gasteiger partial charge in [0.1, 0.15) is 11.8 Å². The molecule has 0 unspecified atom stereocenters. The van der Waals surface area contributed by atoms with Crippen molar-refractivity contribution >= 4 is 22.8 Å². The van der Waals surface area contributed by atoms with Gasteiger partial charge >= 0.3 is 6.03 Å². The van der Waals surface area contributed by atoms with Gasteiger partial charge < -0.3 is 10.2 Å². The van der Waals surface area contributed by atoms with Crippen LogP contribution in [0.1, 0.15) is 34.1 Å². The number of anilines is 1. The summed E-state index contributed by atoms with van der Waals surface area (Å²) in [5, 5.41) is 2.99. The van der Waals surface area contributed by atoms with Crippen LogP contribution in [-0.4, -0.2) is 59.2 Å². The predicted octanol–water partition coefficient (Wildman–Crippen LogP) is 3.17. The third-order valence-corrected chi connectivity index (χ3v) is 5.16. The molecule has 0 aliphatic carbocycles. The number of amides is 1. The first-order valence-corrected chi connectivity index (χ1v) is 9.70. The van der Waals surface area contributed by atoms with Crippen molar-refractivity contribution in [2.45, 2.75) is 40.2 Å². The van der Waals surface area contributed by atoms with Gasteiger partial charge in [-0.3, -0.25) is 9.47 Å². The molecule has 1 saturated heterocycles. The second kappa shape index (κ2) is 8.08. The van der Waals surface area contributed by atoms with Crippen molar-refractivity contribution in [3.05, 3.63) is 24.5 Å². The molecule has 2 aromatic rings. The molecule has 0 saturated carbocycles. The standard InChI is InChI=1S/C20H31N5O/c1-15(2)8-9-21-20(26)25-14-22-19-17(6-5-7-18(19)25)24-12-10-23(11-13-24)16(3)4/h5-7,14-16H,8-13H2,1-4H3,(H,21,26). The second-order valence-electron chi connectivity index (χ2n) is 7.79. The fourth-order valence-corrected chi connectivity index (χ4v) is 3.47. The maximum atomic E-state index is 12.5. The Hall–Kier alpha value is -2.08. The van der Waals surface area contributed by atoms with Crippen LogP contribution in [-0.2, 0) is 0 Å². The molecule has 6 heteroatoms. The molecule has 0 radical (unpaired) electrons. The van der Waals surface area contributed by atoms with E-state index in [0.29, 0.717) is 18.5 Å². The lowest BCUT2D eigenvalue weighted by Gasteiger charge is -2.38. The van der Waals surface area contributed by atoms with Gasteiger partial charge in [-0.15, -0.1) is 0 Å². The highest BCUT2D eigenvalue weighted by Crippen LogP contribution is 2.26. The molecule has 0 spiro atoms. The van der Waals surface area contributed by atoms with Gasteiger partial charge in [-0.05, 0) is 38.3 Å². The molecule has 0 atom stereocenters. The molecule has 1 aliphatic rings. The smallest absolute Gasteiger partial charge is 0.327 e. The van der Waals surface area contributed by atoms with Crippen LogP contribution in [0.15, 0.2) is 24.5 Å². The first-order chi connectivity index (χ1) is 12.5. The third kappa shape index (κ3) is 4.01. The van der Waals surface area contributed by atoms with Crippen molar-refractivity contribution in [3.8, 4) is 0 Å². The molecule has 6 nitrogen and oxygen atoms in total. The van der Waals surface area contributed by atoms with Crippen LogP contribution in [0.4, 0.5) is 10.5 Å². The van der Waals surface area contributed by atoms with Crippen molar-refractivity contribution in [2.75, 3.05) is 37.6 Å². The highest BCUT2D eigenvalue weighted by molar-refractivity contribution is 5.95. The van der Waals surface area contributed by atoms with E-state index in [1.54, 1.807) is 10.9 Å². The van der Waals surface area contributed by atoms with Crippen molar-refractivity contribution in [1.29, 1.82) is 0 Å². The molecule has 1 fully saturated rings. The zero-order valence-electron chi connectivity index (χ0n) is 16.4. The van der Waals surface area contributed by atoms with Crippen molar-refractivity contribution in [3.63, 3.8) is 0 Å². The van der Waals surface area contributed by atoms with Gasteiger partial charge in [0.15, 0.2) is 0 Å². The molecule has 1 amide bonds. The van der Waals surface area contributed by atoms with Crippen LogP contribution in [0, 0.1) is 5.92 Å². The first kappa shape index (κ1) is 18.7. The molecule has 142 valence electrons. The second-order valence-corrected chi connectivity index (χ2v) is 7.79. The topological polar surface area (TPSA) is 53.4 Å². The van der Waals surface area contributed by atoms with Gasteiger partial charge in [-0.25, -0.2) is 9.78 Å². The molecule has 26 heavy (non-hydrogen) atoms. The van der Waals surface area contributed by atoms with Gasteiger partial charge in [0, 0.05) is 38.8 Å². The Labute approximate surface area is 156 Å². The summed E-state index contributed by atoms with van der Waals surface area (Å²) in [7, 11) is 0. The number of nitrogens with zero attached hydrogens (tertiary/aromatic N) is 4. The first-order valence-electron chi connectivity index (χ1n) is 9.70. The molecular formula is C20H31N5O. The van der Waals surface area contributed by atoms with Crippen molar-refractivity contribution in [1.82, 2.24) is 19.8 Å². The van der Waals surface area contributed by atoms with Gasteiger partial charge in [0.25, 0.3) is 0 Å². The van der Waals surface area contributed by atoms with Crippen molar-refractivity contribution < 1.29 is 4.79 Å². The van der Waals surface area contributed by atoms with E-state index in [4.69, 9.17) is 0 Å². The number of imidazole rings is 1. The summed E-state index contributed by atoms with van der Waals surface area (Å²) in [6.07, 6.45) is 2.62. The Morgan fingerprint density at radius 2 is 1.88 bits per heavy atom. The summed E-state index contributed by atoms with van der Waals surface area (Å²) in [6, 6.07) is 6.59. The molecular weight excluding hydrogens is 326 g/mol. The van der Waals surface area contributed by atoms with Crippen LogP contribution in [0.2, 0.25) is 0 Å². The van der Waals surface area contributed by atoms with Crippen LogP contribution >= 0.6 is 0 Å². The van der Waals surface area contributed by atoms with E-state index in [2.05, 4.69) is 53.9 Å². The fourth-order valence-electron chi connectivity index (χ4n) is 3.47. The Morgan fingerprint density at radius 1 is 1.15 bits per heavy atom. The molecule has 0 bridgehead atoms. The molecule has 1 N–H and O–H groups in total. The Morgan fingerprint density at radius 3 is 2.54 bits per heavy atom. The summed E-state index contributed by atoms with van der Waals surface area (Å²) in [5.74, 6) is 0.575. The average molecular weight is 358 g/mol. The number of hydrogen-bond donors (Lipinski definition) is 1. The summed E-state index contributed by atoms with van der Waals surface area (Å²) in [5.41, 5.74) is 2.90. The Bertz CT molecular complexity index is 744. The van der Waals surface area contributed by atoms with E-state index >= 15 is 0 Å². The van der Waals surface area contributed by atoms with E-state index in [1.807, 2.05) is 12.1 Å². The van der Waals surface area contributed by atoms with Gasteiger partial charge in [-0.1, -0.05) is 19.9 Å². The maximum absolute atomic E-state index is 12.5. The molecule has 3 rings (SSSR count). The fraction of sp³-hybridized carbons (Fsp3) is 0.600. The SMILES string of the molecule is CC(C)CCNC(=O)n1cnc2c(N3CCN(C(C)C)CC3)cccc21. The number of nitrogens with one attached hydrogen (secondary N) is 1. The maximum Gasteiger partial charge on any atom is 0.327 e. The van der Waals surface area contributed by atoms with E-state index < -0.39 is 0 Å². The number of para-hydroxylation sites is 1. The summed E-state index contributed by atoms with van der Waals surface area (Å²) < 4.78 is 1.63. The zero-order valence-corrected chi connectivity index (χ0v) is 16.4. The molecule has 1 aliphatic heterocycles. The van der Waals surface area contributed by atoms with Crippen LogP contribution < -0.4 is 10.2 Å². The summed E-state index contributed by atoms with van der Waals surface area (Å²) in [4.78, 5) is 21.9. The van der Waals surface area contributed by atoms with Gasteiger partial charge in [-0.2, -0.15) is 0 Å². The minimum absolute atomic E-state index is 0.102. The zero-order chi connectivity index (χ0) is 18.7. The minimum atomic E-state index is -0.102. The highest BCUT2D eigenvalue weighted by atomic mass is 16.2.